The first-order valence-electron chi connectivity index (χ1n) is 7.36. The van der Waals surface area contributed by atoms with Gasteiger partial charge in [-0.3, -0.25) is 9.69 Å². The third-order valence-corrected chi connectivity index (χ3v) is 5.17. The highest BCUT2D eigenvalue weighted by Crippen LogP contribution is 2.40. The first-order valence-corrected chi connectivity index (χ1v) is 7.77. The third kappa shape index (κ3) is 1.55. The maximum Gasteiger partial charge on any atom is 0.251 e. The first-order chi connectivity index (χ1) is 10.1. The van der Waals surface area contributed by atoms with Gasteiger partial charge in [0.2, 0.25) is 0 Å². The molecule has 4 nitrogen and oxygen atoms in total. The second kappa shape index (κ2) is 4.31. The monoisotopic (exact) mass is 299 g/mol. The molecule has 0 aliphatic carbocycles. The zero-order chi connectivity index (χ0) is 14.7. The molecule has 1 saturated heterocycles. The van der Waals surface area contributed by atoms with E-state index in [1.54, 1.807) is 4.90 Å². The number of aromatic nitrogens is 1. The standard InChI is InChI=1S/C16H17N3OS/c1-3-18-15(20)13-8-11-10-6-4-5-7-12(10)17-14(11)9(2)19(13)16(18)21/h4-7,9,13,17H,3,8H2,1-2H3/t9-,13+/m0/s1. The molecule has 2 aliphatic rings. The van der Waals surface area contributed by atoms with Crippen LogP contribution in [0.3, 0.4) is 0 Å². The van der Waals surface area contributed by atoms with Crippen LogP contribution in [-0.4, -0.2) is 38.4 Å². The van der Waals surface area contributed by atoms with Crippen LogP contribution in [0, 0.1) is 0 Å². The predicted molar refractivity (Wildman–Crippen MR) is 86.0 cm³/mol. The molecule has 1 fully saturated rings. The van der Waals surface area contributed by atoms with Gasteiger partial charge in [-0.15, -0.1) is 0 Å². The largest absolute Gasteiger partial charge is 0.356 e. The topological polar surface area (TPSA) is 39.3 Å². The fourth-order valence-electron chi connectivity index (χ4n) is 3.71. The summed E-state index contributed by atoms with van der Waals surface area (Å²) in [5.74, 6) is 0.144. The fourth-order valence-corrected chi connectivity index (χ4v) is 4.21. The lowest BCUT2D eigenvalue weighted by Gasteiger charge is -2.34. The van der Waals surface area contributed by atoms with E-state index in [-0.39, 0.29) is 18.0 Å². The van der Waals surface area contributed by atoms with Gasteiger partial charge in [-0.1, -0.05) is 18.2 Å². The highest BCUT2D eigenvalue weighted by atomic mass is 32.1. The number of nitrogens with one attached hydrogen (secondary N) is 1. The molecule has 0 unspecified atom stereocenters. The van der Waals surface area contributed by atoms with Crippen LogP contribution >= 0.6 is 12.2 Å². The average Bonchev–Trinajstić information content (AvgIpc) is 2.97. The second-order valence-electron chi connectivity index (χ2n) is 5.73. The number of rotatable bonds is 1. The van der Waals surface area contributed by atoms with Crippen molar-refractivity contribution < 1.29 is 4.79 Å². The Morgan fingerprint density at radius 1 is 1.38 bits per heavy atom. The van der Waals surface area contributed by atoms with Gasteiger partial charge >= 0.3 is 0 Å². The van der Waals surface area contributed by atoms with Gasteiger partial charge in [0.05, 0.1) is 6.04 Å². The van der Waals surface area contributed by atoms with Gasteiger partial charge < -0.3 is 9.88 Å². The molecule has 0 saturated carbocycles. The van der Waals surface area contributed by atoms with Crippen molar-refractivity contribution in [2.24, 2.45) is 0 Å². The maximum atomic E-state index is 12.6. The van der Waals surface area contributed by atoms with Crippen molar-refractivity contribution in [3.8, 4) is 0 Å². The number of aromatic amines is 1. The summed E-state index contributed by atoms with van der Waals surface area (Å²) in [5.41, 5.74) is 3.61. The number of amides is 1. The van der Waals surface area contributed by atoms with E-state index in [2.05, 4.69) is 28.9 Å². The molecule has 1 amide bonds. The van der Waals surface area contributed by atoms with Crippen molar-refractivity contribution >= 4 is 34.1 Å². The maximum absolute atomic E-state index is 12.6. The Balaban J connectivity index is 1.88. The van der Waals surface area contributed by atoms with Crippen LogP contribution in [-0.2, 0) is 11.2 Å². The second-order valence-corrected chi connectivity index (χ2v) is 6.10. The van der Waals surface area contributed by atoms with E-state index in [1.165, 1.54) is 16.6 Å². The van der Waals surface area contributed by atoms with Gasteiger partial charge in [-0.05, 0) is 37.7 Å². The van der Waals surface area contributed by atoms with Gasteiger partial charge in [-0.25, -0.2) is 0 Å². The summed E-state index contributed by atoms with van der Waals surface area (Å²) in [6, 6.07) is 8.27. The van der Waals surface area contributed by atoms with Crippen LogP contribution < -0.4 is 0 Å². The van der Waals surface area contributed by atoms with Crippen molar-refractivity contribution in [1.29, 1.82) is 0 Å². The number of thiocarbonyl (C=S) groups is 1. The van der Waals surface area contributed by atoms with E-state index < -0.39 is 0 Å². The molecular weight excluding hydrogens is 282 g/mol. The summed E-state index contributed by atoms with van der Waals surface area (Å²) in [4.78, 5) is 19.9. The highest BCUT2D eigenvalue weighted by Gasteiger charge is 2.47. The summed E-state index contributed by atoms with van der Waals surface area (Å²) in [7, 11) is 0. The molecule has 21 heavy (non-hydrogen) atoms. The quantitative estimate of drug-likeness (QED) is 0.823. The molecular formula is C16H17N3OS. The van der Waals surface area contributed by atoms with Crippen LogP contribution in [0.1, 0.15) is 31.1 Å². The van der Waals surface area contributed by atoms with Crippen molar-refractivity contribution in [2.75, 3.05) is 6.54 Å². The number of nitrogens with zero attached hydrogens (tertiary/aromatic N) is 2. The number of para-hydroxylation sites is 1. The normalized spacial score (nSPS) is 24.7. The van der Waals surface area contributed by atoms with Gasteiger partial charge in [0.25, 0.3) is 5.91 Å². The van der Waals surface area contributed by atoms with E-state index in [0.29, 0.717) is 11.7 Å². The molecule has 108 valence electrons. The zero-order valence-corrected chi connectivity index (χ0v) is 12.9. The molecule has 1 aromatic heterocycles. The highest BCUT2D eigenvalue weighted by molar-refractivity contribution is 7.80. The van der Waals surface area contributed by atoms with Crippen LogP contribution in [0.5, 0.6) is 0 Å². The summed E-state index contributed by atoms with van der Waals surface area (Å²) in [5, 5.41) is 1.90. The molecule has 2 aliphatic heterocycles. The fraction of sp³-hybridized carbons (Fsp3) is 0.375. The van der Waals surface area contributed by atoms with Crippen molar-refractivity contribution in [3.63, 3.8) is 0 Å². The lowest BCUT2D eigenvalue weighted by molar-refractivity contribution is -0.128. The number of carbonyl (C=O) groups is 1. The van der Waals surface area contributed by atoms with Crippen molar-refractivity contribution in [3.05, 3.63) is 35.5 Å². The van der Waals surface area contributed by atoms with E-state index in [0.717, 1.165) is 11.9 Å². The summed E-state index contributed by atoms with van der Waals surface area (Å²) >= 11 is 5.52. The third-order valence-electron chi connectivity index (χ3n) is 4.73. The van der Waals surface area contributed by atoms with Crippen molar-refractivity contribution in [1.82, 2.24) is 14.8 Å². The minimum absolute atomic E-state index is 0.110. The minimum atomic E-state index is -0.140. The summed E-state index contributed by atoms with van der Waals surface area (Å²) < 4.78 is 0. The number of benzene rings is 1. The molecule has 5 heteroatoms. The number of likely N-dealkylation sites (N-methyl/N-ethyl adjacent to an activating group) is 1. The van der Waals surface area contributed by atoms with Crippen LogP contribution in [0.2, 0.25) is 0 Å². The molecule has 2 aromatic rings. The molecule has 0 bridgehead atoms. The van der Waals surface area contributed by atoms with Crippen LogP contribution in [0.25, 0.3) is 10.9 Å². The molecule has 0 spiro atoms. The Morgan fingerprint density at radius 3 is 2.90 bits per heavy atom. The first kappa shape index (κ1) is 12.8. The molecule has 1 N–H and O–H groups in total. The Kier molecular flexibility index (Phi) is 2.63. The van der Waals surface area contributed by atoms with Gasteiger partial charge in [0.15, 0.2) is 5.11 Å². The molecule has 2 atom stereocenters. The van der Waals surface area contributed by atoms with Gasteiger partial charge in [0.1, 0.15) is 6.04 Å². The van der Waals surface area contributed by atoms with E-state index >= 15 is 0 Å². The van der Waals surface area contributed by atoms with Crippen LogP contribution in [0.15, 0.2) is 24.3 Å². The molecule has 3 heterocycles. The average molecular weight is 299 g/mol. The number of carbonyl (C=O) groups excluding carboxylic acids is 1. The summed E-state index contributed by atoms with van der Waals surface area (Å²) in [6.07, 6.45) is 0.735. The Morgan fingerprint density at radius 2 is 2.14 bits per heavy atom. The molecule has 0 radical (unpaired) electrons. The van der Waals surface area contributed by atoms with Crippen LogP contribution in [0.4, 0.5) is 0 Å². The number of fused-ring (bicyclic) bond motifs is 4. The number of H-pyrrole nitrogens is 1. The van der Waals surface area contributed by atoms with Gasteiger partial charge in [0, 0.05) is 29.6 Å². The van der Waals surface area contributed by atoms with E-state index in [4.69, 9.17) is 12.2 Å². The SMILES string of the molecule is CCN1C(=O)[C@H]2Cc3c([nH]c4ccccc34)[C@H](C)N2C1=S. The van der Waals surface area contributed by atoms with E-state index in [1.807, 2.05) is 19.1 Å². The predicted octanol–water partition coefficient (Wildman–Crippen LogP) is 2.60. The Bertz CT molecular complexity index is 766. The van der Waals surface area contributed by atoms with Gasteiger partial charge in [-0.2, -0.15) is 0 Å². The number of hydrogen-bond donors (Lipinski definition) is 1. The minimum Gasteiger partial charge on any atom is -0.356 e. The lowest BCUT2D eigenvalue weighted by Crippen LogP contribution is -2.42. The van der Waals surface area contributed by atoms with E-state index in [9.17, 15) is 4.79 Å². The molecule has 1 aromatic carbocycles. The Labute approximate surface area is 128 Å². The smallest absolute Gasteiger partial charge is 0.251 e. The Hall–Kier alpha value is -1.88. The number of hydrogen-bond acceptors (Lipinski definition) is 2. The lowest BCUT2D eigenvalue weighted by atomic mass is 9.93. The zero-order valence-electron chi connectivity index (χ0n) is 12.1. The molecule has 4 rings (SSSR count). The summed E-state index contributed by atoms with van der Waals surface area (Å²) in [6.45, 7) is 4.74. The van der Waals surface area contributed by atoms with Crippen molar-refractivity contribution in [2.45, 2.75) is 32.4 Å².